The van der Waals surface area contributed by atoms with E-state index in [4.69, 9.17) is 4.74 Å². The van der Waals surface area contributed by atoms with Crippen molar-refractivity contribution >= 4 is 49.6 Å². The van der Waals surface area contributed by atoms with Crippen molar-refractivity contribution in [1.29, 1.82) is 0 Å². The molecule has 1 aromatic heterocycles. The van der Waals surface area contributed by atoms with E-state index in [1.807, 2.05) is 55.3 Å². The van der Waals surface area contributed by atoms with Crippen molar-refractivity contribution in [2.24, 2.45) is 4.40 Å². The van der Waals surface area contributed by atoms with E-state index in [1.54, 1.807) is 84.5 Å². The monoisotopic (exact) mass is 599 g/mol. The van der Waals surface area contributed by atoms with Crippen molar-refractivity contribution in [2.75, 3.05) is 6.61 Å². The highest BCUT2D eigenvalue weighted by Crippen LogP contribution is 2.33. The van der Waals surface area contributed by atoms with Gasteiger partial charge in [-0.05, 0) is 48.6 Å². The van der Waals surface area contributed by atoms with Crippen LogP contribution in [0.5, 0.6) is 0 Å². The molecule has 0 saturated carbocycles. The molecule has 0 spiro atoms. The van der Waals surface area contributed by atoms with Gasteiger partial charge in [0.1, 0.15) is 11.1 Å². The zero-order valence-corrected chi connectivity index (χ0v) is 25.0. The number of allylic oxidation sites excluding steroid dienone is 1. The number of carbonyl (C=O) groups excluding carboxylic acids is 1. The zero-order chi connectivity index (χ0) is 31.1. The first-order valence-electron chi connectivity index (χ1n) is 13.9. The van der Waals surface area contributed by atoms with Gasteiger partial charge in [-0.1, -0.05) is 103 Å². The maximum Gasteiger partial charge on any atom is 0.370 e. The summed E-state index contributed by atoms with van der Waals surface area (Å²) >= 11 is 0. The van der Waals surface area contributed by atoms with E-state index in [0.717, 1.165) is 16.3 Å². The predicted molar refractivity (Wildman–Crippen MR) is 174 cm³/mol. The molecule has 0 amide bonds. The van der Waals surface area contributed by atoms with E-state index in [-0.39, 0.29) is 34.1 Å². The molecule has 0 unspecified atom stereocenters. The zero-order valence-electron chi connectivity index (χ0n) is 24.2. The largest absolute Gasteiger partial charge is 0.763 e. The second kappa shape index (κ2) is 13.3. The lowest BCUT2D eigenvalue weighted by atomic mass is 9.88. The number of nitrogens with zero attached hydrogens (tertiary/aromatic N) is 3. The van der Waals surface area contributed by atoms with Crippen molar-refractivity contribution in [2.45, 2.75) is 18.7 Å². The predicted octanol–water partition coefficient (Wildman–Crippen LogP) is 6.41. The summed E-state index contributed by atoms with van der Waals surface area (Å²) in [5.74, 6) is 1.21. The lowest BCUT2D eigenvalue weighted by molar-refractivity contribution is -0.551. The molecular weight excluding hydrogens is 570 g/mol. The van der Waals surface area contributed by atoms with Crippen LogP contribution in [0.3, 0.4) is 0 Å². The second-order valence-corrected chi connectivity index (χ2v) is 11.5. The maximum absolute atomic E-state index is 14.0. The summed E-state index contributed by atoms with van der Waals surface area (Å²) in [4.78, 5) is 13.3. The molecule has 0 aliphatic carbocycles. The number of hydrogen-bond acceptors (Lipinski definition) is 4. The molecule has 0 aliphatic heterocycles. The Balaban J connectivity index is 1.96. The first kappa shape index (κ1) is 30.0. The summed E-state index contributed by atoms with van der Waals surface area (Å²) in [5, 5.41) is 12.2. The van der Waals surface area contributed by atoms with Gasteiger partial charge in [-0.25, -0.2) is 9.36 Å². The lowest BCUT2D eigenvalue weighted by Crippen LogP contribution is -2.44. The van der Waals surface area contributed by atoms with Crippen molar-refractivity contribution in [3.63, 3.8) is 0 Å². The maximum atomic E-state index is 14.0. The summed E-state index contributed by atoms with van der Waals surface area (Å²) < 4.78 is 39.3. The van der Waals surface area contributed by atoms with Gasteiger partial charge in [-0.2, -0.15) is 8.42 Å². The molecule has 7 nitrogen and oxygen atoms in total. The molecule has 1 heterocycles. The highest BCUT2D eigenvalue weighted by atomic mass is 32.2. The smallest absolute Gasteiger partial charge is 0.370 e. The highest BCUT2D eigenvalue weighted by molar-refractivity contribution is 7.90. The van der Waals surface area contributed by atoms with E-state index in [1.165, 1.54) is 12.1 Å². The number of benzene rings is 4. The van der Waals surface area contributed by atoms with Gasteiger partial charge in [0, 0.05) is 11.0 Å². The van der Waals surface area contributed by atoms with Gasteiger partial charge in [-0.15, -0.1) is 0 Å². The molecule has 0 fully saturated rings. The van der Waals surface area contributed by atoms with Crippen LogP contribution < -0.4 is 4.57 Å². The molecule has 5 rings (SSSR count). The van der Waals surface area contributed by atoms with Gasteiger partial charge in [0.2, 0.25) is 0 Å². The SMILES string of the molecule is CCOC(=O)C(=C=[N-])/C(=C(\C(=NS(=O)(=O)c1ccc(C)cc1)[n+]1ccc2ccccc2c1)c1ccccc1)c1ccccc1. The second-order valence-electron chi connectivity index (χ2n) is 9.87. The van der Waals surface area contributed by atoms with Crippen molar-refractivity contribution in [3.8, 4) is 0 Å². The molecule has 4 aromatic carbocycles. The average molecular weight is 600 g/mol. The van der Waals surface area contributed by atoms with Crippen LogP contribution in [0.15, 0.2) is 143 Å². The molecule has 0 atom stereocenters. The molecule has 0 bridgehead atoms. The Morgan fingerprint density at radius 3 is 1.95 bits per heavy atom. The quantitative estimate of drug-likeness (QED) is 0.0391. The van der Waals surface area contributed by atoms with Gasteiger partial charge < -0.3 is 10.1 Å². The van der Waals surface area contributed by atoms with Crippen LogP contribution in [0.4, 0.5) is 0 Å². The molecule has 0 aliphatic rings. The van der Waals surface area contributed by atoms with Gasteiger partial charge in [0.05, 0.1) is 28.3 Å². The molecule has 44 heavy (non-hydrogen) atoms. The fraction of sp³-hybridized carbons (Fsp3) is 0.0833. The molecular formula is C36H29N3O4S. The molecule has 5 aromatic rings. The number of sulfonamides is 1. The normalized spacial score (nSPS) is 12.3. The highest BCUT2D eigenvalue weighted by Gasteiger charge is 2.33. The van der Waals surface area contributed by atoms with E-state index >= 15 is 0 Å². The molecule has 0 N–H and O–H groups in total. The third-order valence-electron chi connectivity index (χ3n) is 6.90. The number of aromatic nitrogens is 1. The first-order chi connectivity index (χ1) is 21.3. The number of esters is 1. The van der Waals surface area contributed by atoms with Crippen LogP contribution in [0.1, 0.15) is 23.6 Å². The van der Waals surface area contributed by atoms with Crippen LogP contribution in [0, 0.1) is 6.92 Å². The fourth-order valence-electron chi connectivity index (χ4n) is 4.78. The first-order valence-corrected chi connectivity index (χ1v) is 15.4. The summed E-state index contributed by atoms with van der Waals surface area (Å²) in [6.45, 7) is 3.57. The number of pyridine rings is 1. The number of aryl methyl sites for hydroxylation is 1. The molecule has 218 valence electrons. The Morgan fingerprint density at radius 1 is 0.795 bits per heavy atom. The minimum absolute atomic E-state index is 0.00145. The van der Waals surface area contributed by atoms with Crippen LogP contribution >= 0.6 is 0 Å². The minimum atomic E-state index is -4.28. The lowest BCUT2D eigenvalue weighted by Gasteiger charge is -2.17. The summed E-state index contributed by atoms with van der Waals surface area (Å²) in [6, 6.07) is 33.8. The number of hydrogen-bond donors (Lipinski definition) is 0. The van der Waals surface area contributed by atoms with E-state index in [9.17, 15) is 18.6 Å². The van der Waals surface area contributed by atoms with E-state index < -0.39 is 16.0 Å². The van der Waals surface area contributed by atoms with Gasteiger partial charge in [0.15, 0.2) is 0 Å². The standard InChI is InChI=1S/C36H29N3O4S/c1-3-43-36(40)32(24-37)33(28-13-6-4-7-14-28)34(29-15-8-5-9-16-29)35(38-44(41,42)31-20-18-26(2)19-21-31)39-23-22-27-12-10-11-17-30(27)25-39/h4-23,25H,3H2,1-2H3/b34-33-,38-35?. The van der Waals surface area contributed by atoms with Gasteiger partial charge >= 0.3 is 21.8 Å². The van der Waals surface area contributed by atoms with Crippen molar-refractivity contribution in [1.82, 2.24) is 0 Å². The van der Waals surface area contributed by atoms with Gasteiger partial charge in [-0.3, -0.25) is 5.87 Å². The van der Waals surface area contributed by atoms with Crippen LogP contribution in [0.2, 0.25) is 0 Å². The Labute approximate surface area is 256 Å². The molecule has 0 saturated heterocycles. The number of carbonyl (C=O) groups is 1. The third kappa shape index (κ3) is 6.47. The van der Waals surface area contributed by atoms with Crippen molar-refractivity contribution in [3.05, 3.63) is 155 Å². The summed E-state index contributed by atoms with van der Waals surface area (Å²) in [7, 11) is -4.28. The van der Waals surface area contributed by atoms with Crippen LogP contribution in [-0.2, 0) is 19.6 Å². The number of ether oxygens (including phenoxy) is 1. The molecule has 0 radical (unpaired) electrons. The molecule has 8 heteroatoms. The number of rotatable bonds is 8. The Kier molecular flexibility index (Phi) is 9.05. The Hall–Kier alpha value is -5.43. The Morgan fingerprint density at radius 2 is 1.36 bits per heavy atom. The van der Waals surface area contributed by atoms with Gasteiger partial charge in [0.25, 0.3) is 0 Å². The van der Waals surface area contributed by atoms with Crippen LogP contribution in [0.25, 0.3) is 27.3 Å². The topological polar surface area (TPSA) is 99.0 Å². The number of fused-ring (bicyclic) bond motifs is 1. The van der Waals surface area contributed by atoms with Crippen molar-refractivity contribution < 1.29 is 22.5 Å². The Bertz CT molecular complexity index is 2050. The van der Waals surface area contributed by atoms with E-state index in [0.29, 0.717) is 11.1 Å². The van der Waals surface area contributed by atoms with Crippen LogP contribution in [-0.4, -0.2) is 32.7 Å². The minimum Gasteiger partial charge on any atom is -0.763 e. The van der Waals surface area contributed by atoms with E-state index in [2.05, 4.69) is 4.40 Å². The fourth-order valence-corrected chi connectivity index (χ4v) is 5.78. The third-order valence-corrected chi connectivity index (χ3v) is 8.18. The summed E-state index contributed by atoms with van der Waals surface area (Å²) in [5.41, 5.74) is 2.13. The summed E-state index contributed by atoms with van der Waals surface area (Å²) in [6.07, 6.45) is 3.49. The average Bonchev–Trinajstić information content (AvgIpc) is 3.05.